The van der Waals surface area contributed by atoms with Crippen LogP contribution in [0.2, 0.25) is 0 Å². The first-order valence-electron chi connectivity index (χ1n) is 16.4. The van der Waals surface area contributed by atoms with Gasteiger partial charge in [0.05, 0.1) is 6.04 Å². The van der Waals surface area contributed by atoms with Gasteiger partial charge in [-0.1, -0.05) is 89.0 Å². The first-order chi connectivity index (χ1) is 20.3. The van der Waals surface area contributed by atoms with Crippen LogP contribution in [0.25, 0.3) is 0 Å². The second kappa shape index (κ2) is 19.6. The zero-order valence-electron chi connectivity index (χ0n) is 30.0. The monoisotopic (exact) mass is 624 g/mol. The lowest BCUT2D eigenvalue weighted by Crippen LogP contribution is -2.62. The van der Waals surface area contributed by atoms with E-state index >= 15 is 0 Å². The van der Waals surface area contributed by atoms with Gasteiger partial charge in [0.25, 0.3) is 0 Å². The fourth-order valence-corrected chi connectivity index (χ4v) is 5.53. The highest BCUT2D eigenvalue weighted by molar-refractivity contribution is 5.96. The summed E-state index contributed by atoms with van der Waals surface area (Å²) in [4.78, 5) is 70.3. The predicted molar refractivity (Wildman–Crippen MR) is 177 cm³/mol. The topological polar surface area (TPSA) is 140 Å². The number of likely N-dealkylation sites (N-methyl/N-ethyl adjacent to an activating group) is 3. The van der Waals surface area contributed by atoms with Crippen molar-refractivity contribution in [3.63, 3.8) is 0 Å². The number of amides is 5. The Kier molecular flexibility index (Phi) is 18.4. The average molecular weight is 625 g/mol. The smallest absolute Gasteiger partial charge is 0.245 e. The Morgan fingerprint density at radius 2 is 0.932 bits per heavy atom. The van der Waals surface area contributed by atoms with Crippen molar-refractivity contribution in [1.82, 2.24) is 31.1 Å². The number of hydrogen-bond donors (Lipinski definition) is 4. The Balaban J connectivity index is 6.04. The van der Waals surface area contributed by atoms with E-state index in [1.165, 1.54) is 9.80 Å². The van der Waals surface area contributed by atoms with Gasteiger partial charge in [-0.3, -0.25) is 24.0 Å². The fraction of sp³-hybridized carbons (Fsp3) is 0.848. The number of carbonyl (C=O) groups is 5. The van der Waals surface area contributed by atoms with Gasteiger partial charge in [0, 0.05) is 20.6 Å². The third kappa shape index (κ3) is 12.0. The predicted octanol–water partition coefficient (Wildman–Crippen LogP) is 2.78. The van der Waals surface area contributed by atoms with Crippen molar-refractivity contribution in [2.75, 3.05) is 27.7 Å². The number of carbonyl (C=O) groups excluding carboxylic acids is 5. The molecule has 0 aromatic heterocycles. The summed E-state index contributed by atoms with van der Waals surface area (Å²) in [6, 6.07) is -3.81. The van der Waals surface area contributed by atoms with E-state index in [1.807, 2.05) is 69.2 Å². The van der Waals surface area contributed by atoms with E-state index < -0.39 is 36.1 Å². The van der Waals surface area contributed by atoms with Crippen LogP contribution in [-0.2, 0) is 24.0 Å². The molecule has 0 saturated carbocycles. The van der Waals surface area contributed by atoms with Crippen LogP contribution in [0.1, 0.15) is 95.4 Å². The van der Waals surface area contributed by atoms with Gasteiger partial charge in [-0.05, 0) is 43.1 Å². The van der Waals surface area contributed by atoms with E-state index in [9.17, 15) is 24.0 Å². The molecule has 4 N–H and O–H groups in total. The van der Waals surface area contributed by atoms with E-state index in [1.54, 1.807) is 21.1 Å². The molecule has 44 heavy (non-hydrogen) atoms. The third-order valence-corrected chi connectivity index (χ3v) is 8.13. The molecular weight excluding hydrogens is 560 g/mol. The Labute approximate surface area is 267 Å². The van der Waals surface area contributed by atoms with E-state index in [0.29, 0.717) is 6.54 Å². The van der Waals surface area contributed by atoms with Crippen molar-refractivity contribution >= 4 is 29.5 Å². The molecule has 0 fully saturated rings. The van der Waals surface area contributed by atoms with Gasteiger partial charge >= 0.3 is 0 Å². The SMILES string of the molecule is CCCCCNC(=O)[C@H](C(C)C)N(C)C(=O)[C@@H](NC(=O)[C@H](C(C)C)N(C)C(=O)[C@@H](NC(=O)[C@@H](NC)C(C)C)C(C)C)C(C)C. The van der Waals surface area contributed by atoms with Gasteiger partial charge in [0.15, 0.2) is 0 Å². The van der Waals surface area contributed by atoms with Crippen LogP contribution in [-0.4, -0.2) is 97.2 Å². The summed E-state index contributed by atoms with van der Waals surface area (Å²) < 4.78 is 0. The maximum atomic E-state index is 13.8. The van der Waals surface area contributed by atoms with Crippen LogP contribution < -0.4 is 21.3 Å². The Morgan fingerprint density at radius 3 is 1.27 bits per heavy atom. The quantitative estimate of drug-likeness (QED) is 0.163. The first kappa shape index (κ1) is 41.3. The Morgan fingerprint density at radius 1 is 0.545 bits per heavy atom. The molecule has 5 atom stereocenters. The lowest BCUT2D eigenvalue weighted by atomic mass is 9.95. The third-order valence-electron chi connectivity index (χ3n) is 8.13. The molecule has 0 aliphatic rings. The molecule has 0 heterocycles. The van der Waals surface area contributed by atoms with Crippen LogP contribution in [0.3, 0.4) is 0 Å². The van der Waals surface area contributed by atoms with Crippen molar-refractivity contribution in [3.05, 3.63) is 0 Å². The molecule has 256 valence electrons. The van der Waals surface area contributed by atoms with E-state index in [0.717, 1.165) is 19.3 Å². The highest BCUT2D eigenvalue weighted by atomic mass is 16.2. The molecule has 0 bridgehead atoms. The molecule has 0 radical (unpaired) electrons. The standard InChI is InChI=1S/C33H64N6O5/c1-15-16-17-18-35-30(41)27(22(8)9)38(13)33(44)26(21(6)7)37-31(42)28(23(10)11)39(14)32(43)25(20(4)5)36-29(40)24(34-12)19(2)3/h19-28,34H,15-18H2,1-14H3,(H,35,41)(H,36,40)(H,37,42)/t24-,25-,26-,27-,28-/m0/s1. The van der Waals surface area contributed by atoms with Crippen LogP contribution in [0.15, 0.2) is 0 Å². The van der Waals surface area contributed by atoms with Gasteiger partial charge < -0.3 is 31.1 Å². The summed E-state index contributed by atoms with van der Waals surface area (Å²) in [6.07, 6.45) is 2.92. The zero-order chi connectivity index (χ0) is 34.5. The molecule has 0 aromatic rings. The number of unbranched alkanes of at least 4 members (excludes halogenated alkanes) is 2. The molecule has 0 spiro atoms. The minimum absolute atomic E-state index is 0.0147. The molecule has 11 heteroatoms. The van der Waals surface area contributed by atoms with Crippen LogP contribution in [0, 0.1) is 29.6 Å². The molecule has 0 aliphatic heterocycles. The minimum atomic E-state index is -0.908. The van der Waals surface area contributed by atoms with Crippen molar-refractivity contribution in [1.29, 1.82) is 0 Å². The zero-order valence-corrected chi connectivity index (χ0v) is 30.0. The van der Waals surface area contributed by atoms with Crippen molar-refractivity contribution < 1.29 is 24.0 Å². The van der Waals surface area contributed by atoms with Crippen LogP contribution in [0.5, 0.6) is 0 Å². The van der Waals surface area contributed by atoms with Gasteiger partial charge in [-0.25, -0.2) is 0 Å². The van der Waals surface area contributed by atoms with E-state index in [-0.39, 0.29) is 53.2 Å². The summed E-state index contributed by atoms with van der Waals surface area (Å²) in [7, 11) is 4.86. The second-order valence-electron chi connectivity index (χ2n) is 13.7. The summed E-state index contributed by atoms with van der Waals surface area (Å²) in [6.45, 7) is 21.3. The molecule has 0 aromatic carbocycles. The highest BCUT2D eigenvalue weighted by Gasteiger charge is 2.40. The summed E-state index contributed by atoms with van der Waals surface area (Å²) in [5.74, 6) is -2.64. The Bertz CT molecular complexity index is 936. The first-order valence-corrected chi connectivity index (χ1v) is 16.4. The van der Waals surface area contributed by atoms with Crippen molar-refractivity contribution in [3.8, 4) is 0 Å². The number of nitrogens with zero attached hydrogens (tertiary/aromatic N) is 2. The maximum Gasteiger partial charge on any atom is 0.245 e. The molecule has 0 rings (SSSR count). The summed E-state index contributed by atoms with van der Waals surface area (Å²) >= 11 is 0. The maximum absolute atomic E-state index is 13.8. The normalized spacial score (nSPS) is 15.2. The van der Waals surface area contributed by atoms with Gasteiger partial charge in [0.1, 0.15) is 24.2 Å². The largest absolute Gasteiger partial charge is 0.354 e. The average Bonchev–Trinajstić information content (AvgIpc) is 2.91. The molecule has 0 saturated heterocycles. The number of hydrogen-bond acceptors (Lipinski definition) is 6. The molecule has 0 aliphatic carbocycles. The van der Waals surface area contributed by atoms with Crippen molar-refractivity contribution in [2.24, 2.45) is 29.6 Å². The summed E-state index contributed by atoms with van der Waals surface area (Å²) in [5, 5.41) is 11.7. The second-order valence-corrected chi connectivity index (χ2v) is 13.7. The number of nitrogens with one attached hydrogen (secondary N) is 4. The van der Waals surface area contributed by atoms with E-state index in [4.69, 9.17) is 0 Å². The van der Waals surface area contributed by atoms with Crippen LogP contribution in [0.4, 0.5) is 0 Å². The lowest BCUT2D eigenvalue weighted by molar-refractivity contribution is -0.147. The lowest BCUT2D eigenvalue weighted by Gasteiger charge is -2.37. The van der Waals surface area contributed by atoms with Gasteiger partial charge in [-0.2, -0.15) is 0 Å². The summed E-state index contributed by atoms with van der Waals surface area (Å²) in [5.41, 5.74) is 0. The molecule has 0 unspecified atom stereocenters. The van der Waals surface area contributed by atoms with Crippen molar-refractivity contribution in [2.45, 2.75) is 126 Å². The Hall–Kier alpha value is -2.69. The van der Waals surface area contributed by atoms with Gasteiger partial charge in [-0.15, -0.1) is 0 Å². The van der Waals surface area contributed by atoms with E-state index in [2.05, 4.69) is 28.2 Å². The highest BCUT2D eigenvalue weighted by Crippen LogP contribution is 2.18. The fourth-order valence-electron chi connectivity index (χ4n) is 5.53. The molecule has 5 amide bonds. The number of rotatable bonds is 19. The van der Waals surface area contributed by atoms with Gasteiger partial charge in [0.2, 0.25) is 29.5 Å². The minimum Gasteiger partial charge on any atom is -0.354 e. The van der Waals surface area contributed by atoms with Crippen LogP contribution >= 0.6 is 0 Å². The molecular formula is C33H64N6O5. The molecule has 11 nitrogen and oxygen atoms in total.